The molecule has 18 heavy (non-hydrogen) atoms. The molecule has 5 nitrogen and oxygen atoms in total. The Morgan fingerprint density at radius 2 is 1.94 bits per heavy atom. The lowest BCUT2D eigenvalue weighted by molar-refractivity contribution is 0.898. The summed E-state index contributed by atoms with van der Waals surface area (Å²) in [5, 5.41) is 14.0. The van der Waals surface area contributed by atoms with Gasteiger partial charge in [-0.25, -0.2) is 0 Å². The summed E-state index contributed by atoms with van der Waals surface area (Å²) < 4.78 is 1.65. The molecule has 1 aromatic carbocycles. The minimum absolute atomic E-state index is 0.423. The third-order valence-electron chi connectivity index (χ3n) is 2.50. The second-order valence-corrected chi connectivity index (χ2v) is 5.44. The van der Waals surface area contributed by atoms with Crippen LogP contribution in [0.2, 0.25) is 10.0 Å². The van der Waals surface area contributed by atoms with Gasteiger partial charge in [-0.05, 0) is 19.1 Å². The normalized spacial score (nSPS) is 11.3. The number of fused-ring (bicyclic) bond motifs is 1. The third kappa shape index (κ3) is 1.65. The molecule has 2 heterocycles. The first-order chi connectivity index (χ1) is 8.58. The Balaban J connectivity index is 2.28. The Hall–Kier alpha value is -1.37. The fraction of sp³-hybridized carbons (Fsp3) is 0.100. The van der Waals surface area contributed by atoms with E-state index in [1.807, 2.05) is 6.92 Å². The van der Waals surface area contributed by atoms with E-state index in [0.29, 0.717) is 37.1 Å². The molecule has 0 spiro atoms. The van der Waals surface area contributed by atoms with Crippen molar-refractivity contribution in [1.82, 2.24) is 19.8 Å². The number of nitrogens with two attached hydrogens (primary N) is 1. The summed E-state index contributed by atoms with van der Waals surface area (Å²) >= 11 is 13.5. The van der Waals surface area contributed by atoms with Crippen molar-refractivity contribution in [1.29, 1.82) is 0 Å². The van der Waals surface area contributed by atoms with E-state index in [0.717, 1.165) is 0 Å². The van der Waals surface area contributed by atoms with Crippen molar-refractivity contribution >= 4 is 45.2 Å². The van der Waals surface area contributed by atoms with Gasteiger partial charge >= 0.3 is 0 Å². The largest absolute Gasteiger partial charge is 0.397 e. The molecular formula is C10H7Cl2N5S. The predicted octanol–water partition coefficient (Wildman–Crippen LogP) is 3.05. The lowest BCUT2D eigenvalue weighted by Gasteiger charge is -2.05. The molecule has 8 heteroatoms. The molecule has 0 aliphatic carbocycles. The van der Waals surface area contributed by atoms with Gasteiger partial charge in [-0.3, -0.25) is 0 Å². The van der Waals surface area contributed by atoms with E-state index in [2.05, 4.69) is 15.3 Å². The number of nitrogens with zero attached hydrogens (tertiary/aromatic N) is 4. The van der Waals surface area contributed by atoms with Gasteiger partial charge in [-0.1, -0.05) is 34.5 Å². The van der Waals surface area contributed by atoms with Crippen LogP contribution >= 0.6 is 34.5 Å². The van der Waals surface area contributed by atoms with E-state index in [1.54, 1.807) is 16.6 Å². The van der Waals surface area contributed by atoms with Gasteiger partial charge in [0.25, 0.3) is 0 Å². The summed E-state index contributed by atoms with van der Waals surface area (Å²) in [6, 6.07) is 3.36. The molecule has 3 aromatic rings. The van der Waals surface area contributed by atoms with Crippen LogP contribution in [0.1, 0.15) is 5.82 Å². The van der Waals surface area contributed by atoms with E-state index in [1.165, 1.54) is 11.3 Å². The Labute approximate surface area is 116 Å². The molecule has 0 aliphatic rings. The molecule has 0 saturated carbocycles. The summed E-state index contributed by atoms with van der Waals surface area (Å²) in [6.45, 7) is 1.83. The van der Waals surface area contributed by atoms with Gasteiger partial charge in [0, 0.05) is 0 Å². The summed E-state index contributed by atoms with van der Waals surface area (Å²) in [4.78, 5) is 0.693. The molecule has 92 valence electrons. The van der Waals surface area contributed by atoms with Crippen molar-refractivity contribution in [2.24, 2.45) is 0 Å². The smallest absolute Gasteiger partial charge is 0.234 e. The van der Waals surface area contributed by atoms with Crippen molar-refractivity contribution in [3.05, 3.63) is 28.0 Å². The zero-order valence-corrected chi connectivity index (χ0v) is 11.5. The Morgan fingerprint density at radius 1 is 1.22 bits per heavy atom. The number of hydrogen-bond donors (Lipinski definition) is 1. The maximum absolute atomic E-state index is 6.15. The maximum atomic E-state index is 6.15. The van der Waals surface area contributed by atoms with Gasteiger partial charge in [0.1, 0.15) is 0 Å². The zero-order chi connectivity index (χ0) is 12.9. The SMILES string of the molecule is Cc1nnc2sc(-c3c(Cl)ccc(Cl)c3N)nn12. The summed E-state index contributed by atoms with van der Waals surface area (Å²) in [5.74, 6) is 0.712. The molecule has 2 aromatic heterocycles. The van der Waals surface area contributed by atoms with Crippen LogP contribution in [0.5, 0.6) is 0 Å². The topological polar surface area (TPSA) is 69.1 Å². The average Bonchev–Trinajstić information content (AvgIpc) is 2.88. The molecular weight excluding hydrogens is 293 g/mol. The van der Waals surface area contributed by atoms with Crippen molar-refractivity contribution in [3.63, 3.8) is 0 Å². The molecule has 2 N–H and O–H groups in total. The van der Waals surface area contributed by atoms with Gasteiger partial charge in [0.2, 0.25) is 4.96 Å². The van der Waals surface area contributed by atoms with Crippen molar-refractivity contribution in [2.75, 3.05) is 5.73 Å². The number of benzene rings is 1. The Kier molecular flexibility index (Phi) is 2.65. The van der Waals surface area contributed by atoms with Crippen LogP contribution in [0.15, 0.2) is 12.1 Å². The number of halogens is 2. The number of anilines is 1. The third-order valence-corrected chi connectivity index (χ3v) is 4.06. The highest BCUT2D eigenvalue weighted by Crippen LogP contribution is 2.39. The fourth-order valence-electron chi connectivity index (χ4n) is 1.60. The summed E-state index contributed by atoms with van der Waals surface area (Å²) in [5.41, 5.74) is 7.01. The second-order valence-electron chi connectivity index (χ2n) is 3.67. The quantitative estimate of drug-likeness (QED) is 0.701. The fourth-order valence-corrected chi connectivity index (χ4v) is 3.03. The number of aromatic nitrogens is 4. The molecule has 0 amide bonds. The first kappa shape index (κ1) is 11.7. The predicted molar refractivity (Wildman–Crippen MR) is 73.3 cm³/mol. The molecule has 0 saturated heterocycles. The zero-order valence-electron chi connectivity index (χ0n) is 9.19. The molecule has 0 atom stereocenters. The van der Waals surface area contributed by atoms with Crippen molar-refractivity contribution in [3.8, 4) is 10.6 Å². The van der Waals surface area contributed by atoms with Gasteiger partial charge < -0.3 is 5.73 Å². The first-order valence-corrected chi connectivity index (χ1v) is 6.58. The van der Waals surface area contributed by atoms with Crippen LogP contribution in [0.3, 0.4) is 0 Å². The highest BCUT2D eigenvalue weighted by atomic mass is 35.5. The molecule has 0 unspecified atom stereocenters. The van der Waals surface area contributed by atoms with E-state index in [4.69, 9.17) is 28.9 Å². The van der Waals surface area contributed by atoms with E-state index in [-0.39, 0.29) is 0 Å². The van der Waals surface area contributed by atoms with Crippen LogP contribution in [0.25, 0.3) is 15.5 Å². The van der Waals surface area contributed by atoms with Crippen molar-refractivity contribution in [2.45, 2.75) is 6.92 Å². The highest BCUT2D eigenvalue weighted by molar-refractivity contribution is 7.20. The molecule has 0 bridgehead atoms. The van der Waals surface area contributed by atoms with E-state index in [9.17, 15) is 0 Å². The van der Waals surface area contributed by atoms with Gasteiger partial charge in [-0.15, -0.1) is 10.2 Å². The van der Waals surface area contributed by atoms with Crippen LogP contribution < -0.4 is 5.73 Å². The molecule has 0 radical (unpaired) electrons. The Bertz CT molecular complexity index is 748. The van der Waals surface area contributed by atoms with Gasteiger partial charge in [-0.2, -0.15) is 9.61 Å². The lowest BCUT2D eigenvalue weighted by atomic mass is 10.2. The maximum Gasteiger partial charge on any atom is 0.234 e. The van der Waals surface area contributed by atoms with Gasteiger partial charge in [0.05, 0.1) is 21.3 Å². The molecule has 0 fully saturated rings. The number of hydrogen-bond acceptors (Lipinski definition) is 5. The highest BCUT2D eigenvalue weighted by Gasteiger charge is 2.17. The number of rotatable bonds is 1. The van der Waals surface area contributed by atoms with Crippen LogP contribution in [-0.4, -0.2) is 19.8 Å². The van der Waals surface area contributed by atoms with Crippen molar-refractivity contribution < 1.29 is 0 Å². The average molecular weight is 300 g/mol. The van der Waals surface area contributed by atoms with Gasteiger partial charge in [0.15, 0.2) is 10.8 Å². The summed E-state index contributed by atoms with van der Waals surface area (Å²) in [6.07, 6.45) is 0. The van der Waals surface area contributed by atoms with E-state index < -0.39 is 0 Å². The minimum atomic E-state index is 0.423. The lowest BCUT2D eigenvalue weighted by Crippen LogP contribution is -1.94. The summed E-state index contributed by atoms with van der Waals surface area (Å²) in [7, 11) is 0. The minimum Gasteiger partial charge on any atom is -0.397 e. The Morgan fingerprint density at radius 3 is 2.67 bits per heavy atom. The van der Waals surface area contributed by atoms with Crippen LogP contribution in [-0.2, 0) is 0 Å². The number of aryl methyl sites for hydroxylation is 1. The monoisotopic (exact) mass is 299 g/mol. The first-order valence-electron chi connectivity index (χ1n) is 5.00. The standard InChI is InChI=1S/C10H7Cl2N5S/c1-4-14-15-10-17(4)16-9(18-10)7-5(11)2-3-6(12)8(7)13/h2-3H,13H2,1H3. The number of nitrogen functional groups attached to an aromatic ring is 1. The molecule has 0 aliphatic heterocycles. The van der Waals surface area contributed by atoms with E-state index >= 15 is 0 Å². The van der Waals surface area contributed by atoms with Crippen LogP contribution in [0.4, 0.5) is 5.69 Å². The molecule has 3 rings (SSSR count). The second kappa shape index (κ2) is 4.08. The van der Waals surface area contributed by atoms with Crippen LogP contribution in [0, 0.1) is 6.92 Å².